The molecule has 0 spiro atoms. The Morgan fingerprint density at radius 3 is 2.82 bits per heavy atom. The number of ether oxygens (including phenoxy) is 1. The number of nitrogens with one attached hydrogen (secondary N) is 4. The molecule has 3 rings (SSSR count). The third-order valence-corrected chi connectivity index (χ3v) is 6.96. The van der Waals surface area contributed by atoms with Crippen molar-refractivity contribution in [2.24, 2.45) is 11.7 Å². The normalized spacial score (nSPS) is 24.9. The van der Waals surface area contributed by atoms with Crippen LogP contribution >= 0.6 is 0 Å². The molecule has 0 radical (unpaired) electrons. The molecule has 182 valence electrons. The number of allylic oxidation sites excluding steroid dienone is 4. The lowest BCUT2D eigenvalue weighted by Gasteiger charge is -2.43. The Balaban J connectivity index is 1.44. The van der Waals surface area contributed by atoms with E-state index >= 15 is 0 Å². The van der Waals surface area contributed by atoms with Crippen molar-refractivity contribution in [2.75, 3.05) is 25.2 Å². The highest BCUT2D eigenvalue weighted by Gasteiger charge is 2.40. The molecule has 7 N–H and O–H groups in total. The van der Waals surface area contributed by atoms with Crippen molar-refractivity contribution in [1.82, 2.24) is 0 Å². The van der Waals surface area contributed by atoms with Crippen LogP contribution in [0.2, 0.25) is 0 Å². The first-order chi connectivity index (χ1) is 15.6. The molecule has 1 heterocycles. The number of fused-ring (bicyclic) bond motifs is 1. The molecule has 8 heteroatoms. The maximum atomic E-state index is 12.4. The lowest BCUT2D eigenvalue weighted by Crippen LogP contribution is -3.08. The van der Waals surface area contributed by atoms with Gasteiger partial charge in [-0.3, -0.25) is 5.73 Å². The molecule has 33 heavy (non-hydrogen) atoms. The fourth-order valence-corrected chi connectivity index (χ4v) is 4.63. The van der Waals surface area contributed by atoms with Gasteiger partial charge in [-0.1, -0.05) is 12.6 Å². The van der Waals surface area contributed by atoms with Gasteiger partial charge in [0, 0.05) is 17.7 Å². The predicted octanol–water partition coefficient (Wildman–Crippen LogP) is 2.87. The van der Waals surface area contributed by atoms with Crippen LogP contribution in [0, 0.1) is 11.1 Å². The fraction of sp³-hybridized carbons (Fsp3) is 0.520. The van der Waals surface area contributed by atoms with Gasteiger partial charge in [0.05, 0.1) is 6.54 Å². The molecule has 4 atom stereocenters. The van der Waals surface area contributed by atoms with Crippen LogP contribution in [0.25, 0.3) is 5.84 Å². The number of anilines is 1. The van der Waals surface area contributed by atoms with Crippen molar-refractivity contribution in [3.63, 3.8) is 0 Å². The summed E-state index contributed by atoms with van der Waals surface area (Å²) in [6.45, 7) is 11.1. The van der Waals surface area contributed by atoms with Gasteiger partial charge in [-0.05, 0) is 81.7 Å². The SMILES string of the molecule is C=C1C(O)=C(C)C(C)=C2OC(C)(CCCC[NH+]([O-])CNc3cccc([NH+]([NH-])CN)c3)CCC12. The molecule has 0 saturated carbocycles. The Hall–Kier alpha value is -2.36. The second-order valence-corrected chi connectivity index (χ2v) is 9.49. The molecule has 1 aromatic carbocycles. The Morgan fingerprint density at radius 1 is 1.33 bits per heavy atom. The molecule has 1 aliphatic heterocycles. The molecule has 8 nitrogen and oxygen atoms in total. The molecular formula is C25H39N5O3. The second-order valence-electron chi connectivity index (χ2n) is 9.49. The lowest BCUT2D eigenvalue weighted by molar-refractivity contribution is -0.844. The number of hydroxylamine groups is 2. The van der Waals surface area contributed by atoms with Crippen LogP contribution in [0.5, 0.6) is 0 Å². The summed E-state index contributed by atoms with van der Waals surface area (Å²) < 4.78 is 6.48. The predicted molar refractivity (Wildman–Crippen MR) is 131 cm³/mol. The van der Waals surface area contributed by atoms with Crippen LogP contribution in [0.3, 0.4) is 0 Å². The Morgan fingerprint density at radius 2 is 2.09 bits per heavy atom. The van der Waals surface area contributed by atoms with Crippen molar-refractivity contribution in [2.45, 2.75) is 58.5 Å². The zero-order valence-corrected chi connectivity index (χ0v) is 20.1. The molecule has 1 saturated heterocycles. The van der Waals surface area contributed by atoms with E-state index in [2.05, 4.69) is 18.8 Å². The lowest BCUT2D eigenvalue weighted by atomic mass is 9.77. The number of benzene rings is 1. The van der Waals surface area contributed by atoms with Crippen LogP contribution in [0.15, 0.2) is 59.1 Å². The van der Waals surface area contributed by atoms with Gasteiger partial charge in [0.25, 0.3) is 0 Å². The van der Waals surface area contributed by atoms with Crippen LogP contribution in [-0.4, -0.2) is 30.6 Å². The highest BCUT2D eigenvalue weighted by Crippen LogP contribution is 2.47. The van der Waals surface area contributed by atoms with Crippen LogP contribution < -0.4 is 21.1 Å². The van der Waals surface area contributed by atoms with Gasteiger partial charge in [0.2, 0.25) is 0 Å². The van der Waals surface area contributed by atoms with Crippen molar-refractivity contribution in [3.8, 4) is 0 Å². The maximum Gasteiger partial charge on any atom is 0.150 e. The molecular weight excluding hydrogens is 418 g/mol. The number of hydrogen-bond donors (Lipinski definition) is 5. The average Bonchev–Trinajstić information content (AvgIpc) is 2.82. The van der Waals surface area contributed by atoms with Gasteiger partial charge in [0.15, 0.2) is 0 Å². The molecule has 2 aliphatic rings. The van der Waals surface area contributed by atoms with E-state index in [9.17, 15) is 10.3 Å². The van der Waals surface area contributed by atoms with E-state index in [-0.39, 0.29) is 29.9 Å². The second kappa shape index (κ2) is 10.7. The smallest absolute Gasteiger partial charge is 0.150 e. The maximum absolute atomic E-state index is 12.4. The summed E-state index contributed by atoms with van der Waals surface area (Å²) in [6, 6.07) is 7.45. The number of rotatable bonds is 10. The Kier molecular flexibility index (Phi) is 8.20. The number of nitrogens with two attached hydrogens (primary N) is 1. The van der Waals surface area contributed by atoms with E-state index in [1.165, 1.54) is 0 Å². The van der Waals surface area contributed by atoms with E-state index in [4.69, 9.17) is 16.3 Å². The number of quaternary nitrogens is 2. The Labute approximate surface area is 197 Å². The van der Waals surface area contributed by atoms with Gasteiger partial charge >= 0.3 is 0 Å². The molecule has 0 aromatic heterocycles. The van der Waals surface area contributed by atoms with Gasteiger partial charge in [-0.25, -0.2) is 0 Å². The topological polar surface area (TPSA) is 123 Å². The van der Waals surface area contributed by atoms with Crippen molar-refractivity contribution >= 4 is 11.4 Å². The van der Waals surface area contributed by atoms with Gasteiger partial charge in [-0.2, -0.15) is 0 Å². The minimum Gasteiger partial charge on any atom is -0.633 e. The summed E-state index contributed by atoms with van der Waals surface area (Å²) in [4.78, 5) is 0. The van der Waals surface area contributed by atoms with Crippen molar-refractivity contribution in [3.05, 3.63) is 70.1 Å². The number of aliphatic hydroxyl groups excluding tert-OH is 1. The minimum atomic E-state index is -0.254. The molecule has 4 unspecified atom stereocenters. The summed E-state index contributed by atoms with van der Waals surface area (Å²) in [5.41, 5.74) is 9.50. The van der Waals surface area contributed by atoms with Crippen molar-refractivity contribution < 1.29 is 19.9 Å². The highest BCUT2D eigenvalue weighted by molar-refractivity contribution is 5.50. The van der Waals surface area contributed by atoms with E-state index < -0.39 is 0 Å². The molecule has 0 amide bonds. The van der Waals surface area contributed by atoms with E-state index in [1.54, 1.807) is 0 Å². The number of hydrogen-bond acceptors (Lipinski definition) is 5. The number of aliphatic hydroxyl groups is 1. The van der Waals surface area contributed by atoms with Crippen LogP contribution in [-0.2, 0) is 4.74 Å². The third-order valence-electron chi connectivity index (χ3n) is 6.96. The zero-order chi connectivity index (χ0) is 24.2. The third kappa shape index (κ3) is 5.96. The molecule has 1 aliphatic carbocycles. The molecule has 0 bridgehead atoms. The summed E-state index contributed by atoms with van der Waals surface area (Å²) in [5.74, 6) is 9.18. The summed E-state index contributed by atoms with van der Waals surface area (Å²) in [6.07, 6.45) is 4.46. The Bertz CT molecular complexity index is 928. The quantitative estimate of drug-likeness (QED) is 0.210. The van der Waals surface area contributed by atoms with Crippen LogP contribution in [0.4, 0.5) is 11.4 Å². The molecule has 1 fully saturated rings. The average molecular weight is 458 g/mol. The first-order valence-corrected chi connectivity index (χ1v) is 11.8. The highest BCUT2D eigenvalue weighted by atomic mass is 16.5. The van der Waals surface area contributed by atoms with Gasteiger partial charge in [0.1, 0.15) is 36.1 Å². The zero-order valence-electron chi connectivity index (χ0n) is 20.1. The number of unbranched alkanes of at least 4 members (excludes halogenated alkanes) is 1. The monoisotopic (exact) mass is 457 g/mol. The standard InChI is InChI=1S/C25H39N5O3/c1-17-18(2)24-22(19(3)23(17)31)10-12-25(4,33-24)11-5-6-13-29(32)16-28-20-8-7-9-21(14-20)30(27)15-26/h7-9,14,22,27-31H,3,5-6,10-13,15-16,26H2,1-2,4H3. The van der Waals surface area contributed by atoms with Gasteiger partial charge < -0.3 is 36.3 Å². The summed E-state index contributed by atoms with van der Waals surface area (Å²) in [5, 5.41) is 26.4. The van der Waals surface area contributed by atoms with E-state index in [0.717, 1.165) is 66.0 Å². The van der Waals surface area contributed by atoms with Crippen LogP contribution in [0.1, 0.15) is 52.9 Å². The first-order valence-electron chi connectivity index (χ1n) is 11.8. The van der Waals surface area contributed by atoms with Crippen molar-refractivity contribution in [1.29, 1.82) is 0 Å². The van der Waals surface area contributed by atoms with E-state index in [1.807, 2.05) is 38.1 Å². The summed E-state index contributed by atoms with van der Waals surface area (Å²) >= 11 is 0. The van der Waals surface area contributed by atoms with Gasteiger partial charge in [-0.15, -0.1) is 0 Å². The minimum absolute atomic E-state index is 0.0708. The first kappa shape index (κ1) is 25.3. The van der Waals surface area contributed by atoms with E-state index in [0.29, 0.717) is 17.3 Å². The molecule has 1 aromatic rings. The fourth-order valence-electron chi connectivity index (χ4n) is 4.63. The largest absolute Gasteiger partial charge is 0.633 e. The summed E-state index contributed by atoms with van der Waals surface area (Å²) in [7, 11) is 0.